The second kappa shape index (κ2) is 7.06. The van der Waals surface area contributed by atoms with Crippen molar-refractivity contribution in [2.24, 2.45) is 0 Å². The van der Waals surface area contributed by atoms with Crippen molar-refractivity contribution in [3.8, 4) is 0 Å². The molecule has 7 heteroatoms. The Morgan fingerprint density at radius 3 is 2.44 bits per heavy atom. The predicted octanol–water partition coefficient (Wildman–Crippen LogP) is 2.12. The number of nitrogens with zero attached hydrogens (tertiary/aromatic N) is 4. The van der Waals surface area contributed by atoms with Crippen LogP contribution in [0.1, 0.15) is 39.6 Å². The zero-order chi connectivity index (χ0) is 19.0. The molecule has 0 spiro atoms. The maximum atomic E-state index is 13.2. The Morgan fingerprint density at radius 2 is 1.78 bits per heavy atom. The van der Waals surface area contributed by atoms with Crippen molar-refractivity contribution in [3.63, 3.8) is 0 Å². The summed E-state index contributed by atoms with van der Waals surface area (Å²) >= 11 is 0. The normalized spacial score (nSPS) is 19.8. The van der Waals surface area contributed by atoms with E-state index in [9.17, 15) is 14.0 Å². The molecule has 1 atom stereocenters. The molecule has 0 bridgehead atoms. The number of ketones is 1. The number of rotatable bonds is 3. The third kappa shape index (κ3) is 3.41. The average molecular weight is 368 g/mol. The number of fused-ring (bicyclic) bond motifs is 1. The van der Waals surface area contributed by atoms with E-state index in [4.69, 9.17) is 4.98 Å². The van der Waals surface area contributed by atoms with Gasteiger partial charge in [0.05, 0.1) is 17.0 Å². The van der Waals surface area contributed by atoms with Gasteiger partial charge in [-0.1, -0.05) is 12.1 Å². The van der Waals surface area contributed by atoms with E-state index in [1.165, 1.54) is 12.1 Å². The minimum Gasteiger partial charge on any atom is -0.342 e. The van der Waals surface area contributed by atoms with E-state index < -0.39 is 0 Å². The highest BCUT2D eigenvalue weighted by Gasteiger charge is 2.31. The predicted molar refractivity (Wildman–Crippen MR) is 98.4 cm³/mol. The second-order valence-corrected chi connectivity index (χ2v) is 7.14. The van der Waals surface area contributed by atoms with Crippen LogP contribution in [-0.4, -0.2) is 53.2 Å². The first-order valence-electron chi connectivity index (χ1n) is 9.15. The SMILES string of the molecule is Cc1nc(N2CCN(C=O)CC2)nc2c1C(=O)C[C@@H](c1ccc(F)cc1)C2. The Bertz CT molecular complexity index is 876. The molecule has 1 saturated heterocycles. The first-order valence-corrected chi connectivity index (χ1v) is 9.15. The zero-order valence-electron chi connectivity index (χ0n) is 15.2. The summed E-state index contributed by atoms with van der Waals surface area (Å²) in [5.41, 5.74) is 3.05. The Kier molecular flexibility index (Phi) is 4.59. The van der Waals surface area contributed by atoms with Gasteiger partial charge < -0.3 is 9.80 Å². The number of hydrogen-bond donors (Lipinski definition) is 0. The molecular formula is C20H21FN4O2. The van der Waals surface area contributed by atoms with Crippen LogP contribution in [0.3, 0.4) is 0 Å². The monoisotopic (exact) mass is 368 g/mol. The van der Waals surface area contributed by atoms with Crippen molar-refractivity contribution < 1.29 is 14.0 Å². The molecule has 2 aliphatic rings. The number of aryl methyl sites for hydroxylation is 1. The summed E-state index contributed by atoms with van der Waals surface area (Å²) in [7, 11) is 0. The van der Waals surface area contributed by atoms with Crippen LogP contribution in [-0.2, 0) is 11.2 Å². The molecule has 140 valence electrons. The van der Waals surface area contributed by atoms with Gasteiger partial charge in [0.15, 0.2) is 5.78 Å². The fourth-order valence-corrected chi connectivity index (χ4v) is 3.90. The van der Waals surface area contributed by atoms with Crippen molar-refractivity contribution in [2.45, 2.75) is 25.7 Å². The Labute approximate surface area is 157 Å². The van der Waals surface area contributed by atoms with Gasteiger partial charge in [0.25, 0.3) is 0 Å². The van der Waals surface area contributed by atoms with Gasteiger partial charge in [0.1, 0.15) is 5.82 Å². The molecule has 6 nitrogen and oxygen atoms in total. The Morgan fingerprint density at radius 1 is 1.07 bits per heavy atom. The van der Waals surface area contributed by atoms with Gasteiger partial charge in [-0.3, -0.25) is 9.59 Å². The van der Waals surface area contributed by atoms with E-state index in [1.54, 1.807) is 17.0 Å². The second-order valence-electron chi connectivity index (χ2n) is 7.14. The lowest BCUT2D eigenvalue weighted by Gasteiger charge is -2.33. The van der Waals surface area contributed by atoms with Gasteiger partial charge in [-0.2, -0.15) is 0 Å². The number of halogens is 1. The molecule has 1 aliphatic heterocycles. The molecule has 1 aromatic heterocycles. The lowest BCUT2D eigenvalue weighted by atomic mass is 9.81. The first-order chi connectivity index (χ1) is 13.0. The minimum atomic E-state index is -0.281. The highest BCUT2D eigenvalue weighted by molar-refractivity contribution is 5.99. The van der Waals surface area contributed by atoms with Crippen molar-refractivity contribution in [1.82, 2.24) is 14.9 Å². The van der Waals surface area contributed by atoms with Crippen LogP contribution in [0.15, 0.2) is 24.3 Å². The first kappa shape index (κ1) is 17.6. The van der Waals surface area contributed by atoms with Crippen molar-refractivity contribution in [1.29, 1.82) is 0 Å². The van der Waals surface area contributed by atoms with E-state index in [0.29, 0.717) is 56.2 Å². The number of carbonyl (C=O) groups excluding carboxylic acids is 2. The molecule has 1 aromatic carbocycles. The lowest BCUT2D eigenvalue weighted by molar-refractivity contribution is -0.118. The summed E-state index contributed by atoms with van der Waals surface area (Å²) in [4.78, 5) is 36.7. The fourth-order valence-electron chi connectivity index (χ4n) is 3.90. The van der Waals surface area contributed by atoms with Gasteiger partial charge in [0.2, 0.25) is 12.4 Å². The molecule has 2 aromatic rings. The lowest BCUT2D eigenvalue weighted by Crippen LogP contribution is -2.46. The van der Waals surface area contributed by atoms with E-state index in [1.807, 2.05) is 6.92 Å². The summed E-state index contributed by atoms with van der Waals surface area (Å²) in [6.45, 7) is 4.47. The van der Waals surface area contributed by atoms with E-state index in [0.717, 1.165) is 17.7 Å². The van der Waals surface area contributed by atoms with Gasteiger partial charge in [-0.25, -0.2) is 14.4 Å². The molecule has 1 aliphatic carbocycles. The average Bonchev–Trinajstić information content (AvgIpc) is 2.68. The van der Waals surface area contributed by atoms with Crippen LogP contribution in [0.25, 0.3) is 0 Å². The maximum absolute atomic E-state index is 13.2. The summed E-state index contributed by atoms with van der Waals surface area (Å²) in [6, 6.07) is 6.34. The third-order valence-electron chi connectivity index (χ3n) is 5.39. The van der Waals surface area contributed by atoms with E-state index >= 15 is 0 Å². The number of piperazine rings is 1. The van der Waals surface area contributed by atoms with Crippen molar-refractivity contribution in [3.05, 3.63) is 52.6 Å². The molecular weight excluding hydrogens is 347 g/mol. The standard InChI is InChI=1S/C20H21FN4O2/c1-13-19-17(23-20(22-13)25-8-6-24(12-26)7-9-25)10-15(11-18(19)27)14-2-4-16(21)5-3-14/h2-5,12,15H,6-11H2,1H3/t15-/m0/s1. The van der Waals surface area contributed by atoms with E-state index in [-0.39, 0.29) is 17.5 Å². The smallest absolute Gasteiger partial charge is 0.225 e. The quantitative estimate of drug-likeness (QED) is 0.777. The summed E-state index contributed by atoms with van der Waals surface area (Å²) in [5, 5.41) is 0. The topological polar surface area (TPSA) is 66.4 Å². The largest absolute Gasteiger partial charge is 0.342 e. The van der Waals surface area contributed by atoms with Gasteiger partial charge in [0, 0.05) is 32.6 Å². The van der Waals surface area contributed by atoms with Gasteiger partial charge in [-0.05, 0) is 37.0 Å². The van der Waals surface area contributed by atoms with Crippen molar-refractivity contribution in [2.75, 3.05) is 31.1 Å². The summed E-state index contributed by atoms with van der Waals surface area (Å²) in [5.74, 6) is 0.376. The van der Waals surface area contributed by atoms with Crippen LogP contribution in [0.4, 0.5) is 10.3 Å². The molecule has 27 heavy (non-hydrogen) atoms. The molecule has 1 amide bonds. The molecule has 1 fully saturated rings. The Hall–Kier alpha value is -2.83. The number of anilines is 1. The molecule has 0 unspecified atom stereocenters. The number of amides is 1. The van der Waals surface area contributed by atoms with Gasteiger partial charge >= 0.3 is 0 Å². The number of carbonyl (C=O) groups is 2. The van der Waals surface area contributed by atoms with Crippen molar-refractivity contribution >= 4 is 18.1 Å². The number of aromatic nitrogens is 2. The van der Waals surface area contributed by atoms with Crippen LogP contribution < -0.4 is 4.90 Å². The highest BCUT2D eigenvalue weighted by atomic mass is 19.1. The fraction of sp³-hybridized carbons (Fsp3) is 0.400. The van der Waals surface area contributed by atoms with Crippen LogP contribution in [0, 0.1) is 12.7 Å². The third-order valence-corrected chi connectivity index (χ3v) is 5.39. The minimum absolute atomic E-state index is 0.000314. The maximum Gasteiger partial charge on any atom is 0.225 e. The summed E-state index contributed by atoms with van der Waals surface area (Å²) in [6.07, 6.45) is 1.89. The van der Waals surface area contributed by atoms with Crippen LogP contribution >= 0.6 is 0 Å². The van der Waals surface area contributed by atoms with Crippen LogP contribution in [0.5, 0.6) is 0 Å². The molecule has 0 N–H and O–H groups in total. The molecule has 2 heterocycles. The Balaban J connectivity index is 1.62. The summed E-state index contributed by atoms with van der Waals surface area (Å²) < 4.78 is 13.2. The number of Topliss-reactive ketones (excluding diaryl/α,β-unsaturated/α-hetero) is 1. The molecule has 0 radical (unpaired) electrons. The zero-order valence-corrected chi connectivity index (χ0v) is 15.2. The molecule has 4 rings (SSSR count). The van der Waals surface area contributed by atoms with Crippen LogP contribution in [0.2, 0.25) is 0 Å². The highest BCUT2D eigenvalue weighted by Crippen LogP contribution is 2.33. The van der Waals surface area contributed by atoms with Gasteiger partial charge in [-0.15, -0.1) is 0 Å². The number of hydrogen-bond acceptors (Lipinski definition) is 5. The number of benzene rings is 1. The molecule has 0 saturated carbocycles. The van der Waals surface area contributed by atoms with E-state index in [2.05, 4.69) is 9.88 Å².